The molecule has 0 aliphatic rings. The monoisotopic (exact) mass is 288 g/mol. The fraction of sp³-hybridized carbons (Fsp3) is 0.615. The molecule has 0 aliphatic heterocycles. The predicted molar refractivity (Wildman–Crippen MR) is 78.4 cm³/mol. The van der Waals surface area contributed by atoms with E-state index >= 15 is 0 Å². The van der Waals surface area contributed by atoms with Crippen LogP contribution >= 0.6 is 22.9 Å². The van der Waals surface area contributed by atoms with Gasteiger partial charge in [0.25, 0.3) is 5.91 Å². The summed E-state index contributed by atoms with van der Waals surface area (Å²) in [5.74, 6) is 0.0124. The molecule has 0 spiro atoms. The summed E-state index contributed by atoms with van der Waals surface area (Å²) in [4.78, 5) is 14.9. The molecule has 1 aromatic heterocycles. The van der Waals surface area contributed by atoms with Crippen LogP contribution in [-0.2, 0) is 0 Å². The number of carbonyl (C=O) groups excluding carboxylic acids is 1. The number of amides is 1. The van der Waals surface area contributed by atoms with Gasteiger partial charge in [-0.1, -0.05) is 32.4 Å². The first-order valence-electron chi connectivity index (χ1n) is 6.13. The van der Waals surface area contributed by atoms with Crippen LogP contribution in [0.1, 0.15) is 36.9 Å². The van der Waals surface area contributed by atoms with Gasteiger partial charge in [-0.05, 0) is 29.8 Å². The zero-order valence-corrected chi connectivity index (χ0v) is 12.8. The summed E-state index contributed by atoms with van der Waals surface area (Å²) < 4.78 is 0. The Labute approximate surface area is 118 Å². The summed E-state index contributed by atoms with van der Waals surface area (Å²) in [7, 11) is 0. The Balaban J connectivity index is 2.85. The Morgan fingerprint density at radius 1 is 1.56 bits per heavy atom. The molecule has 0 aliphatic carbocycles. The number of halogens is 1. The average Bonchev–Trinajstić information content (AvgIpc) is 2.74. The van der Waals surface area contributed by atoms with Gasteiger partial charge in [-0.15, -0.1) is 11.3 Å². The normalized spacial score (nSPS) is 11.6. The van der Waals surface area contributed by atoms with Gasteiger partial charge in [-0.25, -0.2) is 0 Å². The molecule has 1 amide bonds. The predicted octanol–water partition coefficient (Wildman–Crippen LogP) is 3.24. The van der Waals surface area contributed by atoms with Crippen molar-refractivity contribution in [1.29, 1.82) is 0 Å². The van der Waals surface area contributed by atoms with Crippen LogP contribution in [0.5, 0.6) is 0 Å². The van der Waals surface area contributed by atoms with Gasteiger partial charge in [0.05, 0.1) is 5.02 Å². The quantitative estimate of drug-likeness (QED) is 0.873. The minimum Gasteiger partial charge on any atom is -0.337 e. The number of nitrogens with zero attached hydrogens (tertiary/aromatic N) is 1. The summed E-state index contributed by atoms with van der Waals surface area (Å²) in [6.45, 7) is 8.14. The van der Waals surface area contributed by atoms with E-state index < -0.39 is 0 Å². The molecule has 0 radical (unpaired) electrons. The van der Waals surface area contributed by atoms with E-state index in [-0.39, 0.29) is 11.3 Å². The summed E-state index contributed by atoms with van der Waals surface area (Å²) in [6.07, 6.45) is 0.926. The van der Waals surface area contributed by atoms with Crippen molar-refractivity contribution in [1.82, 2.24) is 4.90 Å². The molecule has 102 valence electrons. The second-order valence-electron chi connectivity index (χ2n) is 5.19. The van der Waals surface area contributed by atoms with E-state index in [0.717, 1.165) is 13.0 Å². The zero-order valence-electron chi connectivity index (χ0n) is 11.2. The third-order valence-corrected chi connectivity index (χ3v) is 4.09. The molecule has 0 fully saturated rings. The number of carbonyl (C=O) groups is 1. The smallest absolute Gasteiger partial charge is 0.265 e. The SMILES string of the molecule is CCCN(CC(C)(C)CN)C(=O)c1sccc1Cl. The number of nitrogens with two attached hydrogens (primary N) is 1. The summed E-state index contributed by atoms with van der Waals surface area (Å²) >= 11 is 7.41. The Hall–Kier alpha value is -0.580. The standard InChI is InChI=1S/C13H21ClN2OS/c1-4-6-16(9-13(2,3)8-15)12(17)11-10(14)5-7-18-11/h5,7H,4,6,8-9,15H2,1-3H3. The van der Waals surface area contributed by atoms with Gasteiger partial charge in [0.1, 0.15) is 4.88 Å². The molecule has 0 bridgehead atoms. The lowest BCUT2D eigenvalue weighted by molar-refractivity contribution is 0.0694. The Kier molecular flexibility index (Phi) is 5.63. The van der Waals surface area contributed by atoms with Gasteiger partial charge >= 0.3 is 0 Å². The minimum atomic E-state index is -0.0748. The molecule has 1 rings (SSSR count). The maximum absolute atomic E-state index is 12.4. The third kappa shape index (κ3) is 3.97. The molecule has 2 N–H and O–H groups in total. The van der Waals surface area contributed by atoms with Crippen LogP contribution in [0.25, 0.3) is 0 Å². The van der Waals surface area contributed by atoms with Crippen LogP contribution in [-0.4, -0.2) is 30.4 Å². The van der Waals surface area contributed by atoms with Crippen LogP contribution in [0.2, 0.25) is 5.02 Å². The van der Waals surface area contributed by atoms with Crippen LogP contribution in [0.4, 0.5) is 0 Å². The molecular weight excluding hydrogens is 268 g/mol. The molecule has 1 aromatic rings. The maximum Gasteiger partial charge on any atom is 0.265 e. The summed E-state index contributed by atoms with van der Waals surface area (Å²) in [5.41, 5.74) is 5.66. The van der Waals surface area contributed by atoms with Crippen LogP contribution in [0, 0.1) is 5.41 Å². The van der Waals surface area contributed by atoms with Crippen molar-refractivity contribution in [3.63, 3.8) is 0 Å². The third-order valence-electron chi connectivity index (χ3n) is 2.76. The summed E-state index contributed by atoms with van der Waals surface area (Å²) in [6, 6.07) is 1.76. The highest BCUT2D eigenvalue weighted by molar-refractivity contribution is 7.12. The van der Waals surface area contributed by atoms with Gasteiger partial charge in [-0.2, -0.15) is 0 Å². The van der Waals surface area contributed by atoms with Crippen LogP contribution in [0.3, 0.4) is 0 Å². The molecule has 0 saturated heterocycles. The van der Waals surface area contributed by atoms with Crippen molar-refractivity contribution < 1.29 is 4.79 Å². The Bertz CT molecular complexity index is 403. The van der Waals surface area contributed by atoms with E-state index in [0.29, 0.717) is 23.0 Å². The average molecular weight is 289 g/mol. The largest absolute Gasteiger partial charge is 0.337 e. The number of hydrogen-bond donors (Lipinski definition) is 1. The van der Waals surface area contributed by atoms with Crippen molar-refractivity contribution in [2.75, 3.05) is 19.6 Å². The summed E-state index contributed by atoms with van der Waals surface area (Å²) in [5, 5.41) is 2.38. The molecule has 5 heteroatoms. The van der Waals surface area contributed by atoms with Crippen molar-refractivity contribution in [2.45, 2.75) is 27.2 Å². The van der Waals surface area contributed by atoms with E-state index in [1.807, 2.05) is 10.3 Å². The highest BCUT2D eigenvalue weighted by Crippen LogP contribution is 2.25. The van der Waals surface area contributed by atoms with E-state index in [2.05, 4.69) is 20.8 Å². The first kappa shape index (κ1) is 15.5. The fourth-order valence-corrected chi connectivity index (χ4v) is 2.80. The number of thiophene rings is 1. The Morgan fingerprint density at radius 2 is 2.22 bits per heavy atom. The second kappa shape index (κ2) is 6.55. The first-order valence-corrected chi connectivity index (χ1v) is 7.39. The zero-order chi connectivity index (χ0) is 13.8. The van der Waals surface area contributed by atoms with Crippen molar-refractivity contribution in [3.05, 3.63) is 21.3 Å². The van der Waals surface area contributed by atoms with E-state index in [1.54, 1.807) is 6.07 Å². The van der Waals surface area contributed by atoms with Crippen molar-refractivity contribution >= 4 is 28.8 Å². The fourth-order valence-electron chi connectivity index (χ4n) is 1.69. The van der Waals surface area contributed by atoms with Gasteiger partial charge in [0.2, 0.25) is 0 Å². The molecule has 18 heavy (non-hydrogen) atoms. The van der Waals surface area contributed by atoms with Crippen molar-refractivity contribution in [2.24, 2.45) is 11.1 Å². The van der Waals surface area contributed by atoms with E-state index in [4.69, 9.17) is 17.3 Å². The molecular formula is C13H21ClN2OS. The van der Waals surface area contributed by atoms with Gasteiger partial charge in [-0.3, -0.25) is 4.79 Å². The highest BCUT2D eigenvalue weighted by atomic mass is 35.5. The maximum atomic E-state index is 12.4. The lowest BCUT2D eigenvalue weighted by Crippen LogP contribution is -2.42. The second-order valence-corrected chi connectivity index (χ2v) is 6.52. The van der Waals surface area contributed by atoms with Gasteiger partial charge in [0, 0.05) is 13.1 Å². The highest BCUT2D eigenvalue weighted by Gasteiger charge is 2.25. The van der Waals surface area contributed by atoms with E-state index in [1.165, 1.54) is 11.3 Å². The lowest BCUT2D eigenvalue weighted by atomic mass is 9.93. The molecule has 0 aromatic carbocycles. The molecule has 0 unspecified atom stereocenters. The minimum absolute atomic E-state index is 0.0124. The lowest BCUT2D eigenvalue weighted by Gasteiger charge is -2.31. The molecule has 1 heterocycles. The molecule has 0 atom stereocenters. The first-order chi connectivity index (χ1) is 8.41. The topological polar surface area (TPSA) is 46.3 Å². The van der Waals surface area contributed by atoms with E-state index in [9.17, 15) is 4.79 Å². The van der Waals surface area contributed by atoms with Crippen LogP contribution < -0.4 is 5.73 Å². The van der Waals surface area contributed by atoms with Crippen LogP contribution in [0.15, 0.2) is 11.4 Å². The number of rotatable bonds is 6. The molecule has 0 saturated carbocycles. The Morgan fingerprint density at radius 3 is 2.67 bits per heavy atom. The molecule has 3 nitrogen and oxygen atoms in total. The van der Waals surface area contributed by atoms with Gasteiger partial charge in [0.15, 0.2) is 0 Å². The van der Waals surface area contributed by atoms with Gasteiger partial charge < -0.3 is 10.6 Å². The number of hydrogen-bond acceptors (Lipinski definition) is 3. The van der Waals surface area contributed by atoms with Crippen molar-refractivity contribution in [3.8, 4) is 0 Å².